The molecule has 0 aliphatic rings. The fourth-order valence-electron chi connectivity index (χ4n) is 4.24. The van der Waals surface area contributed by atoms with E-state index in [0.717, 1.165) is 12.8 Å². The largest absolute Gasteiger partial charge is 0.620 e. The molecule has 0 saturated carbocycles. The fraction of sp³-hybridized carbons (Fsp3) is 0.519. The van der Waals surface area contributed by atoms with E-state index in [1.807, 2.05) is 30.3 Å². The van der Waals surface area contributed by atoms with Crippen molar-refractivity contribution in [1.29, 1.82) is 0 Å². The molecule has 2 unspecified atom stereocenters. The van der Waals surface area contributed by atoms with Gasteiger partial charge in [-0.1, -0.05) is 101 Å². The molecule has 1 amide bonds. The van der Waals surface area contributed by atoms with Gasteiger partial charge in [0.2, 0.25) is 5.82 Å². The number of tetrazole rings is 1. The number of aromatic nitrogens is 5. The van der Waals surface area contributed by atoms with E-state index < -0.39 is 16.9 Å². The van der Waals surface area contributed by atoms with Crippen molar-refractivity contribution in [3.63, 3.8) is 0 Å². The molecule has 188 valence electrons. The summed E-state index contributed by atoms with van der Waals surface area (Å²) in [5.74, 6) is -1.10. The van der Waals surface area contributed by atoms with Gasteiger partial charge in [-0.2, -0.15) is 4.80 Å². The Balaban J connectivity index is 1.58. The van der Waals surface area contributed by atoms with Crippen LogP contribution in [0.2, 0.25) is 0 Å². The second-order valence-electron chi connectivity index (χ2n) is 9.13. The third-order valence-electron chi connectivity index (χ3n) is 6.28. The van der Waals surface area contributed by atoms with Crippen molar-refractivity contribution in [3.8, 4) is 0 Å². The Bertz CT molecular complexity index is 1020. The molecule has 0 spiro atoms. The molecule has 0 aliphatic carbocycles. The quantitative estimate of drug-likeness (QED) is 0.252. The first-order chi connectivity index (χ1) is 17.1. The zero-order valence-corrected chi connectivity index (χ0v) is 21.0. The Morgan fingerprint density at radius 2 is 1.60 bits per heavy atom. The molecule has 8 heteroatoms. The minimum absolute atomic E-state index is 0.163. The topological polar surface area (TPSA) is 101 Å². The Morgan fingerprint density at radius 1 is 0.943 bits per heavy atom. The summed E-state index contributed by atoms with van der Waals surface area (Å²) < 4.78 is 0. The number of unbranched alkanes of at least 4 members (excludes halogenated alkanes) is 9. The number of quaternary nitrogens is 1. The summed E-state index contributed by atoms with van der Waals surface area (Å²) in [6, 6.07) is 12.7. The molecule has 3 rings (SSSR count). The first kappa shape index (κ1) is 26.6. The highest BCUT2D eigenvalue weighted by Crippen LogP contribution is 2.21. The second-order valence-corrected chi connectivity index (χ2v) is 9.13. The number of nitrogens with one attached hydrogen (secondary N) is 1. The number of benzene rings is 1. The molecule has 0 radical (unpaired) electrons. The molecule has 35 heavy (non-hydrogen) atoms. The van der Waals surface area contributed by atoms with Gasteiger partial charge in [0.05, 0.1) is 6.54 Å². The summed E-state index contributed by atoms with van der Waals surface area (Å²) in [5.41, 5.74) is 1.33. The van der Waals surface area contributed by atoms with E-state index in [0.29, 0.717) is 17.7 Å². The Hall–Kier alpha value is -2.97. The first-order valence-corrected chi connectivity index (χ1v) is 12.9. The average Bonchev–Trinajstić information content (AvgIpc) is 3.34. The van der Waals surface area contributed by atoms with Gasteiger partial charge in [0.1, 0.15) is 0 Å². The number of hydrogen-bond donors (Lipinski definition) is 1. The molecule has 0 bridgehead atoms. The summed E-state index contributed by atoms with van der Waals surface area (Å²) in [5, 5.41) is 25.2. The van der Waals surface area contributed by atoms with Gasteiger partial charge in [0, 0.05) is 11.8 Å². The summed E-state index contributed by atoms with van der Waals surface area (Å²) in [7, 11) is 0. The molecule has 1 N–H and O–H groups in total. The monoisotopic (exact) mass is 478 g/mol. The fourth-order valence-corrected chi connectivity index (χ4v) is 4.24. The summed E-state index contributed by atoms with van der Waals surface area (Å²) >= 11 is 0. The van der Waals surface area contributed by atoms with Crippen LogP contribution in [0.4, 0.5) is 5.82 Å². The van der Waals surface area contributed by atoms with Crippen LogP contribution >= 0.6 is 0 Å². The van der Waals surface area contributed by atoms with Crippen molar-refractivity contribution >= 4 is 11.7 Å². The maximum absolute atomic E-state index is 13.3. The zero-order valence-electron chi connectivity index (χ0n) is 21.0. The van der Waals surface area contributed by atoms with Crippen molar-refractivity contribution in [3.05, 3.63) is 70.8 Å². The molecule has 0 aliphatic heterocycles. The van der Waals surface area contributed by atoms with Gasteiger partial charge >= 0.3 is 5.91 Å². The van der Waals surface area contributed by atoms with E-state index in [1.165, 1.54) is 57.6 Å². The molecular formula is C27H38N6O2. The normalized spacial score (nSPS) is 13.0. The highest BCUT2D eigenvalue weighted by Gasteiger charge is 2.34. The van der Waals surface area contributed by atoms with Gasteiger partial charge in [-0.3, -0.25) is 5.06 Å². The number of hydroxylamine groups is 1. The van der Waals surface area contributed by atoms with E-state index in [4.69, 9.17) is 0 Å². The van der Waals surface area contributed by atoms with Gasteiger partial charge in [-0.15, -0.1) is 10.2 Å². The van der Waals surface area contributed by atoms with Crippen LogP contribution < -0.4 is 5.06 Å². The van der Waals surface area contributed by atoms with E-state index in [1.54, 1.807) is 23.9 Å². The third-order valence-corrected chi connectivity index (χ3v) is 6.28. The van der Waals surface area contributed by atoms with Crippen molar-refractivity contribution < 1.29 is 9.86 Å². The zero-order chi connectivity index (χ0) is 24.9. The number of rotatable bonds is 15. The number of amides is 1. The number of carbonyl (C=O) groups excluding carboxylic acids is 1. The predicted octanol–water partition coefficient (Wildman–Crippen LogP) is 4.67. The third kappa shape index (κ3) is 8.04. The molecule has 0 fully saturated rings. The molecule has 2 heterocycles. The van der Waals surface area contributed by atoms with Gasteiger partial charge < -0.3 is 5.21 Å². The lowest BCUT2D eigenvalue weighted by atomic mass is 9.97. The Labute approximate surface area is 208 Å². The summed E-state index contributed by atoms with van der Waals surface area (Å²) in [6.07, 6.45) is 14.1. The maximum Gasteiger partial charge on any atom is 0.333 e. The van der Waals surface area contributed by atoms with Crippen LogP contribution in [-0.2, 0) is 11.3 Å². The minimum Gasteiger partial charge on any atom is -0.620 e. The van der Waals surface area contributed by atoms with Crippen molar-refractivity contribution in [1.82, 2.24) is 25.2 Å². The molecule has 2 aromatic heterocycles. The Morgan fingerprint density at radius 3 is 2.26 bits per heavy atom. The summed E-state index contributed by atoms with van der Waals surface area (Å²) in [6.45, 7) is 4.66. The van der Waals surface area contributed by atoms with Gasteiger partial charge in [-0.25, -0.2) is 9.78 Å². The van der Waals surface area contributed by atoms with Gasteiger partial charge in [0.15, 0.2) is 11.7 Å². The average molecular weight is 479 g/mol. The number of carbonyl (C=O) groups is 1. The van der Waals surface area contributed by atoms with E-state index >= 15 is 0 Å². The van der Waals surface area contributed by atoms with Gasteiger partial charge in [-0.05, 0) is 30.2 Å². The first-order valence-electron chi connectivity index (χ1n) is 12.9. The summed E-state index contributed by atoms with van der Waals surface area (Å²) in [4.78, 5) is 19.0. The SMILES string of the molecule is CCCCCCCCCCCCn1nnc(C(C(=O)[NH+]([O-])c2ncccc2C)c2ccccc2)n1. The molecule has 2 atom stereocenters. The second kappa shape index (κ2) is 14.4. The molecule has 3 aromatic rings. The van der Waals surface area contributed by atoms with Crippen LogP contribution in [0.5, 0.6) is 0 Å². The highest BCUT2D eigenvalue weighted by molar-refractivity contribution is 5.80. The molecule has 0 saturated heterocycles. The molecular weight excluding hydrogens is 440 g/mol. The van der Waals surface area contributed by atoms with Crippen molar-refractivity contribution in [2.24, 2.45) is 0 Å². The number of hydrogen-bond acceptors (Lipinski definition) is 6. The van der Waals surface area contributed by atoms with E-state index in [9.17, 15) is 10.0 Å². The smallest absolute Gasteiger partial charge is 0.333 e. The van der Waals surface area contributed by atoms with Crippen LogP contribution in [-0.4, -0.2) is 31.1 Å². The number of nitrogens with zero attached hydrogens (tertiary/aromatic N) is 5. The van der Waals surface area contributed by atoms with E-state index in [2.05, 4.69) is 27.3 Å². The van der Waals surface area contributed by atoms with Crippen LogP contribution in [0.15, 0.2) is 48.7 Å². The van der Waals surface area contributed by atoms with Crippen LogP contribution in [0, 0.1) is 12.1 Å². The van der Waals surface area contributed by atoms with Crippen molar-refractivity contribution in [2.75, 3.05) is 0 Å². The van der Waals surface area contributed by atoms with Crippen LogP contribution in [0.1, 0.15) is 94.0 Å². The van der Waals surface area contributed by atoms with Crippen molar-refractivity contribution in [2.45, 2.75) is 90.5 Å². The molecule has 8 nitrogen and oxygen atoms in total. The number of aryl methyl sites for hydroxylation is 2. The highest BCUT2D eigenvalue weighted by atomic mass is 16.5. The lowest BCUT2D eigenvalue weighted by Crippen LogP contribution is -3.06. The Kier molecular flexibility index (Phi) is 11.0. The van der Waals surface area contributed by atoms with Gasteiger partial charge in [0.25, 0.3) is 0 Å². The van der Waals surface area contributed by atoms with Crippen LogP contribution in [0.3, 0.4) is 0 Å². The lowest BCUT2D eigenvalue weighted by Gasteiger charge is -2.23. The predicted molar refractivity (Wildman–Crippen MR) is 136 cm³/mol. The molecule has 1 aromatic carbocycles. The van der Waals surface area contributed by atoms with E-state index in [-0.39, 0.29) is 11.6 Å². The lowest BCUT2D eigenvalue weighted by molar-refractivity contribution is -0.693. The maximum atomic E-state index is 13.3. The minimum atomic E-state index is -0.911. The number of pyridine rings is 1. The van der Waals surface area contributed by atoms with Crippen LogP contribution in [0.25, 0.3) is 0 Å². The standard InChI is InChI=1S/C27H38N6O2/c1-3-4-5-6-7-8-9-10-11-15-21-32-30-25(29-31-32)24(23-18-13-12-14-19-23)27(34)33(35)26-22(2)17-16-20-28-26/h12-14,16-20,24,33H,3-11,15,21H2,1-2H3.